The van der Waals surface area contributed by atoms with Crippen molar-refractivity contribution in [2.75, 3.05) is 13.7 Å². The number of hydrogen-bond acceptors (Lipinski definition) is 7. The van der Waals surface area contributed by atoms with Gasteiger partial charge in [-0.05, 0) is 24.3 Å². The van der Waals surface area contributed by atoms with E-state index in [1.165, 1.54) is 19.1 Å². The summed E-state index contributed by atoms with van der Waals surface area (Å²) >= 11 is 1.54. The second-order valence-electron chi connectivity index (χ2n) is 7.92. The van der Waals surface area contributed by atoms with Gasteiger partial charge >= 0.3 is 5.97 Å². The van der Waals surface area contributed by atoms with Crippen molar-refractivity contribution in [3.05, 3.63) is 66.6 Å². The highest BCUT2D eigenvalue weighted by atomic mass is 32.2. The Morgan fingerprint density at radius 1 is 1.21 bits per heavy atom. The smallest absolute Gasteiger partial charge is 0.302 e. The minimum Gasteiger partial charge on any atom is -0.463 e. The minimum atomic E-state index is -0.374. The second-order valence-corrected chi connectivity index (χ2v) is 9.09. The summed E-state index contributed by atoms with van der Waals surface area (Å²) < 4.78 is 33.0. The Bertz CT molecular complexity index is 1080. The summed E-state index contributed by atoms with van der Waals surface area (Å²) in [4.78, 5) is 12.5. The van der Waals surface area contributed by atoms with Crippen LogP contribution < -0.4 is 0 Å². The van der Waals surface area contributed by atoms with Gasteiger partial charge in [0.1, 0.15) is 29.7 Å². The summed E-state index contributed by atoms with van der Waals surface area (Å²) in [6, 6.07) is 15.9. The van der Waals surface area contributed by atoms with Crippen LogP contribution in [0.5, 0.6) is 0 Å². The van der Waals surface area contributed by atoms with Crippen LogP contribution in [0.1, 0.15) is 19.9 Å². The molecule has 5 atom stereocenters. The number of hydrogen-bond donors (Lipinski definition) is 0. The molecule has 1 aliphatic heterocycles. The monoisotopic (exact) mass is 471 g/mol. The summed E-state index contributed by atoms with van der Waals surface area (Å²) in [5, 5.41) is 8.63. The number of nitrogens with zero attached hydrogens (tertiary/aromatic N) is 3. The summed E-state index contributed by atoms with van der Waals surface area (Å²) in [7, 11) is 1.64. The van der Waals surface area contributed by atoms with Gasteiger partial charge in [0, 0.05) is 30.4 Å². The first-order chi connectivity index (χ1) is 16.0. The van der Waals surface area contributed by atoms with Gasteiger partial charge in [-0.1, -0.05) is 54.2 Å². The first-order valence-electron chi connectivity index (χ1n) is 10.7. The quantitative estimate of drug-likeness (QED) is 0.474. The normalized spacial score (nSPS) is 25.0. The molecule has 7 nitrogen and oxygen atoms in total. The molecule has 2 aromatic carbocycles. The molecule has 4 rings (SSSR count). The molecular weight excluding hydrogens is 445 g/mol. The summed E-state index contributed by atoms with van der Waals surface area (Å²) in [5.74, 6) is -0.807. The van der Waals surface area contributed by atoms with Gasteiger partial charge in [0.05, 0.1) is 18.3 Å². The van der Waals surface area contributed by atoms with Crippen LogP contribution in [0.4, 0.5) is 4.39 Å². The molecule has 0 aliphatic carbocycles. The van der Waals surface area contributed by atoms with Gasteiger partial charge in [-0.3, -0.25) is 4.79 Å². The van der Waals surface area contributed by atoms with E-state index < -0.39 is 0 Å². The predicted molar refractivity (Wildman–Crippen MR) is 122 cm³/mol. The fourth-order valence-electron chi connectivity index (χ4n) is 4.02. The highest BCUT2D eigenvalue weighted by Gasteiger charge is 2.46. The SMILES string of the molecule is COC1C(Sc2ccccc2)OC(COC(C)=O)C(C)C1n1cc(-c2cccc(F)c2)nn1. The number of carbonyl (C=O) groups excluding carboxylic acids is 1. The Hall–Kier alpha value is -2.75. The number of thioether (sulfide) groups is 1. The topological polar surface area (TPSA) is 75.5 Å². The molecule has 0 N–H and O–H groups in total. The van der Waals surface area contributed by atoms with Gasteiger partial charge < -0.3 is 14.2 Å². The zero-order chi connectivity index (χ0) is 23.4. The lowest BCUT2D eigenvalue weighted by atomic mass is 9.89. The highest BCUT2D eigenvalue weighted by Crippen LogP contribution is 2.42. The van der Waals surface area contributed by atoms with E-state index in [-0.39, 0.29) is 48.0 Å². The fraction of sp³-hybridized carbons (Fsp3) is 0.375. The van der Waals surface area contributed by atoms with Gasteiger partial charge in [0.15, 0.2) is 0 Å². The third-order valence-corrected chi connectivity index (χ3v) is 6.85. The lowest BCUT2D eigenvalue weighted by molar-refractivity contribution is -0.171. The van der Waals surface area contributed by atoms with Crippen LogP contribution >= 0.6 is 11.8 Å². The van der Waals surface area contributed by atoms with E-state index in [1.807, 2.05) is 37.3 Å². The Kier molecular flexibility index (Phi) is 7.42. The second kappa shape index (κ2) is 10.5. The van der Waals surface area contributed by atoms with Crippen molar-refractivity contribution in [2.45, 2.75) is 42.4 Å². The average Bonchev–Trinajstić information content (AvgIpc) is 3.29. The lowest BCUT2D eigenvalue weighted by Crippen LogP contribution is -2.52. The van der Waals surface area contributed by atoms with E-state index in [1.54, 1.807) is 41.9 Å². The molecule has 1 fully saturated rings. The fourth-order valence-corrected chi connectivity index (χ4v) is 5.20. The summed E-state index contributed by atoms with van der Waals surface area (Å²) in [6.45, 7) is 3.51. The number of carbonyl (C=O) groups is 1. The van der Waals surface area contributed by atoms with Gasteiger partial charge in [-0.15, -0.1) is 5.10 Å². The van der Waals surface area contributed by atoms with Crippen LogP contribution in [0.25, 0.3) is 11.3 Å². The summed E-state index contributed by atoms with van der Waals surface area (Å²) in [6.07, 6.45) is 1.06. The lowest BCUT2D eigenvalue weighted by Gasteiger charge is -2.44. The highest BCUT2D eigenvalue weighted by molar-refractivity contribution is 7.99. The van der Waals surface area contributed by atoms with Crippen LogP contribution in [-0.2, 0) is 19.0 Å². The Morgan fingerprint density at radius 3 is 2.70 bits per heavy atom. The molecule has 2 heterocycles. The van der Waals surface area contributed by atoms with Crippen molar-refractivity contribution >= 4 is 17.7 Å². The van der Waals surface area contributed by atoms with Crippen LogP contribution in [0, 0.1) is 11.7 Å². The molecule has 0 spiro atoms. The molecule has 0 amide bonds. The number of ether oxygens (including phenoxy) is 3. The molecule has 33 heavy (non-hydrogen) atoms. The third-order valence-electron chi connectivity index (χ3n) is 5.69. The Balaban J connectivity index is 1.66. The number of aromatic nitrogens is 3. The van der Waals surface area contributed by atoms with Gasteiger partial charge in [-0.25, -0.2) is 9.07 Å². The van der Waals surface area contributed by atoms with E-state index in [0.29, 0.717) is 11.3 Å². The molecule has 1 saturated heterocycles. The Labute approximate surface area is 196 Å². The molecule has 0 saturated carbocycles. The number of esters is 1. The van der Waals surface area contributed by atoms with Gasteiger partial charge in [0.2, 0.25) is 0 Å². The largest absolute Gasteiger partial charge is 0.463 e. The number of halogens is 1. The van der Waals surface area contributed by atoms with Gasteiger partial charge in [-0.2, -0.15) is 0 Å². The molecule has 1 aliphatic rings. The standard InChI is InChI=1S/C24H26FN3O4S/c1-15-21(14-31-16(2)29)32-24(33-19-10-5-4-6-11-19)23(30-3)22(15)28-13-20(26-27-28)17-8-7-9-18(25)12-17/h4-13,15,21-24H,14H2,1-3H3. The number of benzene rings is 2. The van der Waals surface area contributed by atoms with Crippen molar-refractivity contribution < 1.29 is 23.4 Å². The van der Waals surface area contributed by atoms with E-state index >= 15 is 0 Å². The van der Waals surface area contributed by atoms with E-state index in [4.69, 9.17) is 14.2 Å². The zero-order valence-corrected chi connectivity index (χ0v) is 19.4. The van der Waals surface area contributed by atoms with Crippen LogP contribution in [-0.4, -0.2) is 52.3 Å². The zero-order valence-electron chi connectivity index (χ0n) is 18.6. The molecule has 0 radical (unpaired) electrons. The van der Waals surface area contributed by atoms with Crippen LogP contribution in [0.2, 0.25) is 0 Å². The van der Waals surface area contributed by atoms with Crippen molar-refractivity contribution in [2.24, 2.45) is 5.92 Å². The van der Waals surface area contributed by atoms with Gasteiger partial charge in [0.25, 0.3) is 0 Å². The molecule has 1 aromatic heterocycles. The van der Waals surface area contributed by atoms with Crippen LogP contribution in [0.15, 0.2) is 65.7 Å². The average molecular weight is 472 g/mol. The van der Waals surface area contributed by atoms with Crippen molar-refractivity contribution in [1.82, 2.24) is 15.0 Å². The maximum atomic E-state index is 13.7. The van der Waals surface area contributed by atoms with Crippen molar-refractivity contribution in [1.29, 1.82) is 0 Å². The molecular formula is C24H26FN3O4S. The molecule has 5 unspecified atom stereocenters. The van der Waals surface area contributed by atoms with E-state index in [2.05, 4.69) is 10.3 Å². The maximum Gasteiger partial charge on any atom is 0.302 e. The molecule has 9 heteroatoms. The summed E-state index contributed by atoms with van der Waals surface area (Å²) in [5.41, 5.74) is 0.828. The Morgan fingerprint density at radius 2 is 2.00 bits per heavy atom. The maximum absolute atomic E-state index is 13.7. The van der Waals surface area contributed by atoms with Crippen LogP contribution in [0.3, 0.4) is 0 Å². The first-order valence-corrected chi connectivity index (χ1v) is 11.6. The van der Waals surface area contributed by atoms with Crippen molar-refractivity contribution in [3.8, 4) is 11.3 Å². The van der Waals surface area contributed by atoms with Crippen molar-refractivity contribution in [3.63, 3.8) is 0 Å². The van der Waals surface area contributed by atoms with E-state index in [9.17, 15) is 9.18 Å². The molecule has 0 bridgehead atoms. The third kappa shape index (κ3) is 5.43. The number of rotatable bonds is 7. The number of methoxy groups -OCH3 is 1. The minimum absolute atomic E-state index is 0.107. The predicted octanol–water partition coefficient (Wildman–Crippen LogP) is 4.36. The van der Waals surface area contributed by atoms with E-state index in [0.717, 1.165) is 4.90 Å². The molecule has 3 aromatic rings. The molecule has 174 valence electrons. The first kappa shape index (κ1) is 23.4.